The Kier molecular flexibility index (Phi) is 4.25. The number of aliphatic carboxylic acids is 1. The molecule has 1 aromatic rings. The van der Waals surface area contributed by atoms with E-state index in [-0.39, 0.29) is 6.03 Å². The Bertz CT molecular complexity index is 478. The molecule has 0 unspecified atom stereocenters. The van der Waals surface area contributed by atoms with Gasteiger partial charge in [-0.3, -0.25) is 0 Å². The second-order valence-electron chi connectivity index (χ2n) is 4.04. The van der Waals surface area contributed by atoms with Gasteiger partial charge < -0.3 is 19.8 Å². The van der Waals surface area contributed by atoms with Crippen molar-refractivity contribution in [2.24, 2.45) is 0 Å². The minimum absolute atomic E-state index is 0.339. The Morgan fingerprint density at radius 3 is 3.05 bits per heavy atom. The van der Waals surface area contributed by atoms with Crippen LogP contribution in [0.2, 0.25) is 0 Å². The maximum Gasteiger partial charge on any atom is 0.327 e. The lowest BCUT2D eigenvalue weighted by Gasteiger charge is -2.20. The third-order valence-corrected chi connectivity index (χ3v) is 3.63. The molecule has 0 bridgehead atoms. The minimum Gasteiger partial charge on any atom is -0.480 e. The number of hydrogen-bond acceptors (Lipinski definition) is 6. The molecule has 2 heterocycles. The van der Waals surface area contributed by atoms with E-state index in [1.807, 2.05) is 0 Å². The first-order valence-electron chi connectivity index (χ1n) is 5.72. The van der Waals surface area contributed by atoms with E-state index in [0.29, 0.717) is 36.3 Å². The third-order valence-electron chi connectivity index (χ3n) is 2.62. The first-order valence-corrected chi connectivity index (χ1v) is 6.87. The monoisotopic (exact) mass is 286 g/mol. The van der Waals surface area contributed by atoms with Crippen molar-refractivity contribution < 1.29 is 19.2 Å². The molecule has 104 valence electrons. The number of carbonyl (C=O) groups excluding carboxylic acids is 1. The molecule has 0 spiro atoms. The SMILES string of the molecule is Cc1nc(CCNC(=O)N2CSC[C@H]2C(=O)O)no1. The Morgan fingerprint density at radius 2 is 2.42 bits per heavy atom. The van der Waals surface area contributed by atoms with Crippen LogP contribution in [0.15, 0.2) is 4.52 Å². The van der Waals surface area contributed by atoms with Crippen molar-refractivity contribution in [3.05, 3.63) is 11.7 Å². The quantitative estimate of drug-likeness (QED) is 0.807. The molecule has 2 N–H and O–H groups in total. The van der Waals surface area contributed by atoms with Crippen LogP contribution >= 0.6 is 11.8 Å². The predicted octanol–water partition coefficient (Wildman–Crippen LogP) is 0.0896. The summed E-state index contributed by atoms with van der Waals surface area (Å²) in [5, 5.41) is 15.3. The average Bonchev–Trinajstić information content (AvgIpc) is 2.97. The van der Waals surface area contributed by atoms with Crippen LogP contribution < -0.4 is 5.32 Å². The first kappa shape index (κ1) is 13.7. The molecule has 0 aliphatic carbocycles. The van der Waals surface area contributed by atoms with Crippen LogP contribution in [0, 0.1) is 6.92 Å². The van der Waals surface area contributed by atoms with E-state index in [4.69, 9.17) is 9.63 Å². The fraction of sp³-hybridized carbons (Fsp3) is 0.600. The highest BCUT2D eigenvalue weighted by atomic mass is 32.2. The number of aryl methyl sites for hydroxylation is 1. The number of rotatable bonds is 4. The molecule has 0 aromatic carbocycles. The first-order chi connectivity index (χ1) is 9.08. The average molecular weight is 286 g/mol. The summed E-state index contributed by atoms with van der Waals surface area (Å²) in [6, 6.07) is -1.13. The smallest absolute Gasteiger partial charge is 0.327 e. The number of nitrogens with one attached hydrogen (secondary N) is 1. The molecular formula is C10H14N4O4S. The van der Waals surface area contributed by atoms with E-state index < -0.39 is 12.0 Å². The van der Waals surface area contributed by atoms with E-state index in [2.05, 4.69) is 15.5 Å². The van der Waals surface area contributed by atoms with Gasteiger partial charge in [-0.15, -0.1) is 11.8 Å². The number of nitrogens with zero attached hydrogens (tertiary/aromatic N) is 3. The van der Waals surface area contributed by atoms with Crippen LogP contribution in [-0.4, -0.2) is 56.4 Å². The van der Waals surface area contributed by atoms with Crippen LogP contribution in [0.3, 0.4) is 0 Å². The Balaban J connectivity index is 1.79. The van der Waals surface area contributed by atoms with Gasteiger partial charge in [0.2, 0.25) is 5.89 Å². The number of aromatic nitrogens is 2. The molecule has 1 aliphatic rings. The van der Waals surface area contributed by atoms with Gasteiger partial charge in [-0.25, -0.2) is 9.59 Å². The summed E-state index contributed by atoms with van der Waals surface area (Å²) in [6.45, 7) is 2.03. The van der Waals surface area contributed by atoms with E-state index in [1.165, 1.54) is 16.7 Å². The van der Waals surface area contributed by atoms with Gasteiger partial charge in [-0.05, 0) is 0 Å². The van der Waals surface area contributed by atoms with Gasteiger partial charge in [0.05, 0.1) is 5.88 Å². The van der Waals surface area contributed by atoms with E-state index in [0.717, 1.165) is 0 Å². The topological polar surface area (TPSA) is 109 Å². The van der Waals surface area contributed by atoms with Crippen molar-refractivity contribution in [1.82, 2.24) is 20.4 Å². The fourth-order valence-electron chi connectivity index (χ4n) is 1.67. The minimum atomic E-state index is -0.978. The van der Waals surface area contributed by atoms with Gasteiger partial charge in [0.25, 0.3) is 0 Å². The van der Waals surface area contributed by atoms with Gasteiger partial charge in [0.1, 0.15) is 6.04 Å². The van der Waals surface area contributed by atoms with Crippen LogP contribution in [-0.2, 0) is 11.2 Å². The number of amides is 2. The largest absolute Gasteiger partial charge is 0.480 e. The summed E-state index contributed by atoms with van der Waals surface area (Å²) in [4.78, 5) is 28.1. The molecule has 1 saturated heterocycles. The van der Waals surface area contributed by atoms with Crippen LogP contribution in [0.5, 0.6) is 0 Å². The van der Waals surface area contributed by atoms with Crippen molar-refractivity contribution in [2.75, 3.05) is 18.2 Å². The fourth-order valence-corrected chi connectivity index (χ4v) is 2.82. The normalized spacial score (nSPS) is 18.6. The summed E-state index contributed by atoms with van der Waals surface area (Å²) in [5.41, 5.74) is 0. The van der Waals surface area contributed by atoms with Gasteiger partial charge in [-0.2, -0.15) is 4.98 Å². The summed E-state index contributed by atoms with van der Waals surface area (Å²) in [7, 11) is 0. The summed E-state index contributed by atoms with van der Waals surface area (Å²) >= 11 is 1.42. The van der Waals surface area contributed by atoms with Crippen molar-refractivity contribution in [3.8, 4) is 0 Å². The third kappa shape index (κ3) is 3.37. The maximum atomic E-state index is 11.8. The number of carboxylic acids is 1. The maximum absolute atomic E-state index is 11.8. The lowest BCUT2D eigenvalue weighted by molar-refractivity contribution is -0.140. The molecule has 1 atom stereocenters. The number of urea groups is 1. The Morgan fingerprint density at radius 1 is 1.63 bits per heavy atom. The highest BCUT2D eigenvalue weighted by Gasteiger charge is 2.34. The second-order valence-corrected chi connectivity index (χ2v) is 5.04. The number of carbonyl (C=O) groups is 2. The van der Waals surface area contributed by atoms with E-state index in [1.54, 1.807) is 6.92 Å². The summed E-state index contributed by atoms with van der Waals surface area (Å²) in [6.07, 6.45) is 0.446. The molecule has 1 aliphatic heterocycles. The van der Waals surface area contributed by atoms with Crippen molar-refractivity contribution in [2.45, 2.75) is 19.4 Å². The molecule has 9 heteroatoms. The number of carboxylic acid groups (broad SMARTS) is 1. The molecule has 8 nitrogen and oxygen atoms in total. The highest BCUT2D eigenvalue weighted by Crippen LogP contribution is 2.20. The molecule has 0 saturated carbocycles. The summed E-state index contributed by atoms with van der Waals surface area (Å²) < 4.78 is 4.81. The van der Waals surface area contributed by atoms with Gasteiger partial charge in [-0.1, -0.05) is 5.16 Å². The second kappa shape index (κ2) is 5.91. The number of hydrogen-bond donors (Lipinski definition) is 2. The zero-order chi connectivity index (χ0) is 13.8. The zero-order valence-electron chi connectivity index (χ0n) is 10.3. The molecule has 1 fully saturated rings. The van der Waals surface area contributed by atoms with Crippen LogP contribution in [0.25, 0.3) is 0 Å². The predicted molar refractivity (Wildman–Crippen MR) is 66.7 cm³/mol. The lowest BCUT2D eigenvalue weighted by Crippen LogP contribution is -2.47. The van der Waals surface area contributed by atoms with Crippen molar-refractivity contribution in [1.29, 1.82) is 0 Å². The number of thioether (sulfide) groups is 1. The standard InChI is InChI=1S/C10H14N4O4S/c1-6-12-8(13-18-6)2-3-11-10(17)14-5-19-4-7(14)9(15)16/h7H,2-5H2,1H3,(H,11,17)(H,15,16)/t7-/m0/s1. The van der Waals surface area contributed by atoms with Gasteiger partial charge in [0, 0.05) is 25.6 Å². The zero-order valence-corrected chi connectivity index (χ0v) is 11.1. The van der Waals surface area contributed by atoms with Crippen LogP contribution in [0.4, 0.5) is 4.79 Å². The van der Waals surface area contributed by atoms with Gasteiger partial charge in [0.15, 0.2) is 5.82 Å². The molecule has 1 aromatic heterocycles. The van der Waals surface area contributed by atoms with Crippen molar-refractivity contribution in [3.63, 3.8) is 0 Å². The van der Waals surface area contributed by atoms with Crippen molar-refractivity contribution >= 4 is 23.8 Å². The van der Waals surface area contributed by atoms with Crippen LogP contribution in [0.1, 0.15) is 11.7 Å². The van der Waals surface area contributed by atoms with E-state index in [9.17, 15) is 9.59 Å². The Labute approximate surface area is 113 Å². The Hall–Kier alpha value is -1.77. The molecule has 19 heavy (non-hydrogen) atoms. The summed E-state index contributed by atoms with van der Waals surface area (Å²) in [5.74, 6) is 0.831. The molecule has 2 rings (SSSR count). The van der Waals surface area contributed by atoms with Gasteiger partial charge >= 0.3 is 12.0 Å². The molecule has 2 amide bonds. The molecule has 0 radical (unpaired) electrons. The lowest BCUT2D eigenvalue weighted by atomic mass is 10.3. The van der Waals surface area contributed by atoms with E-state index >= 15 is 0 Å². The molecular weight excluding hydrogens is 272 g/mol. The highest BCUT2D eigenvalue weighted by molar-refractivity contribution is 7.99.